The smallest absolute Gasteiger partial charge is 0.311 e. The lowest BCUT2D eigenvalue weighted by Crippen LogP contribution is -2.22. The minimum Gasteiger partial charge on any atom is -0.490 e. The van der Waals surface area contributed by atoms with Gasteiger partial charge in [0.1, 0.15) is 17.4 Å². The topological polar surface area (TPSA) is 123 Å². The van der Waals surface area contributed by atoms with Crippen LogP contribution in [0.2, 0.25) is 0 Å². The molecule has 0 unspecified atom stereocenters. The zero-order valence-corrected chi connectivity index (χ0v) is 16.8. The molecule has 0 bridgehead atoms. The number of carbonyl (C=O) groups is 1. The number of nitrogens with two attached hydrogens (primary N) is 1. The van der Waals surface area contributed by atoms with Gasteiger partial charge in [-0.1, -0.05) is 12.1 Å². The van der Waals surface area contributed by atoms with E-state index in [0.717, 1.165) is 24.2 Å². The first-order chi connectivity index (χ1) is 14.6. The molecule has 2 aliphatic rings. The van der Waals surface area contributed by atoms with E-state index in [1.807, 2.05) is 24.3 Å². The summed E-state index contributed by atoms with van der Waals surface area (Å²) in [4.78, 5) is 12.0. The van der Waals surface area contributed by atoms with Gasteiger partial charge in [-0.05, 0) is 50.3 Å². The monoisotopic (exact) mass is 408 g/mol. The Balaban J connectivity index is 1.66. The Morgan fingerprint density at radius 2 is 2.07 bits per heavy atom. The van der Waals surface area contributed by atoms with Gasteiger partial charge in [-0.25, -0.2) is 0 Å². The predicted molar refractivity (Wildman–Crippen MR) is 108 cm³/mol. The Hall–Kier alpha value is -3.47. The van der Waals surface area contributed by atoms with Crippen LogP contribution >= 0.6 is 0 Å². The van der Waals surface area contributed by atoms with E-state index in [1.54, 1.807) is 6.92 Å². The Bertz CT molecular complexity index is 997. The van der Waals surface area contributed by atoms with Crippen LogP contribution in [0.3, 0.4) is 0 Å². The normalized spacial score (nSPS) is 18.5. The molecule has 0 radical (unpaired) electrons. The fraction of sp³-hybridized carbons (Fsp3) is 0.409. The number of ether oxygens (including phenoxy) is 3. The van der Waals surface area contributed by atoms with Gasteiger partial charge in [-0.2, -0.15) is 5.26 Å². The van der Waals surface area contributed by atoms with Gasteiger partial charge in [-0.15, -0.1) is 5.10 Å². The third kappa shape index (κ3) is 3.83. The molecule has 1 aromatic heterocycles. The molecular weight excluding hydrogens is 384 g/mol. The van der Waals surface area contributed by atoms with Crippen molar-refractivity contribution >= 4 is 5.97 Å². The largest absolute Gasteiger partial charge is 0.490 e. The second kappa shape index (κ2) is 8.49. The van der Waals surface area contributed by atoms with Crippen LogP contribution in [0, 0.1) is 11.3 Å². The van der Waals surface area contributed by atoms with E-state index in [4.69, 9.17) is 19.9 Å². The van der Waals surface area contributed by atoms with Gasteiger partial charge >= 0.3 is 5.97 Å². The number of aromatic amines is 1. The van der Waals surface area contributed by atoms with Crippen LogP contribution < -0.4 is 15.2 Å². The van der Waals surface area contributed by atoms with E-state index in [9.17, 15) is 10.1 Å². The van der Waals surface area contributed by atoms with Gasteiger partial charge in [0.15, 0.2) is 0 Å². The molecule has 8 heteroatoms. The van der Waals surface area contributed by atoms with Gasteiger partial charge < -0.3 is 19.9 Å². The van der Waals surface area contributed by atoms with Crippen molar-refractivity contribution in [3.05, 3.63) is 52.5 Å². The molecule has 0 amide bonds. The molecule has 156 valence electrons. The van der Waals surface area contributed by atoms with Crippen molar-refractivity contribution in [3.8, 4) is 17.7 Å². The van der Waals surface area contributed by atoms with Crippen LogP contribution in [-0.4, -0.2) is 28.9 Å². The number of carbonyl (C=O) groups excluding carboxylic acids is 1. The molecule has 1 saturated carbocycles. The minimum atomic E-state index is -0.498. The molecule has 1 aromatic carbocycles. The summed E-state index contributed by atoms with van der Waals surface area (Å²) in [5, 5.41) is 16.7. The molecule has 30 heavy (non-hydrogen) atoms. The van der Waals surface area contributed by atoms with Crippen LogP contribution in [0.4, 0.5) is 0 Å². The average Bonchev–Trinajstić information content (AvgIpc) is 3.38. The van der Waals surface area contributed by atoms with E-state index in [2.05, 4.69) is 16.3 Å². The number of nitrogens with one attached hydrogen (secondary N) is 1. The van der Waals surface area contributed by atoms with E-state index < -0.39 is 5.92 Å². The van der Waals surface area contributed by atoms with Crippen molar-refractivity contribution in [2.24, 2.45) is 5.73 Å². The maximum Gasteiger partial charge on any atom is 0.311 e. The Morgan fingerprint density at radius 1 is 1.33 bits per heavy atom. The van der Waals surface area contributed by atoms with Crippen molar-refractivity contribution in [3.63, 3.8) is 0 Å². The number of rotatable bonds is 6. The molecule has 2 aromatic rings. The van der Waals surface area contributed by atoms with Gasteiger partial charge in [0, 0.05) is 0 Å². The molecular formula is C22H24N4O4. The molecule has 8 nitrogen and oxygen atoms in total. The summed E-state index contributed by atoms with van der Waals surface area (Å²) in [5.41, 5.74) is 8.27. The molecule has 3 N–H and O–H groups in total. The van der Waals surface area contributed by atoms with E-state index in [-0.39, 0.29) is 42.4 Å². The molecule has 0 saturated heterocycles. The Kier molecular flexibility index (Phi) is 5.61. The molecule has 1 aliphatic carbocycles. The molecule has 2 heterocycles. The van der Waals surface area contributed by atoms with E-state index in [1.165, 1.54) is 12.8 Å². The summed E-state index contributed by atoms with van der Waals surface area (Å²) >= 11 is 0. The number of nitrogens with zero attached hydrogens (tertiary/aromatic N) is 2. The third-order valence-electron chi connectivity index (χ3n) is 5.46. The van der Waals surface area contributed by atoms with Gasteiger partial charge in [-0.3, -0.25) is 9.89 Å². The van der Waals surface area contributed by atoms with E-state index >= 15 is 0 Å². The summed E-state index contributed by atoms with van der Waals surface area (Å²) in [5.74, 6) is 0.191. The van der Waals surface area contributed by atoms with Gasteiger partial charge in [0.2, 0.25) is 11.8 Å². The number of benzene rings is 1. The summed E-state index contributed by atoms with van der Waals surface area (Å²) < 4.78 is 16.6. The fourth-order valence-electron chi connectivity index (χ4n) is 4.07. The quantitative estimate of drug-likeness (QED) is 0.704. The van der Waals surface area contributed by atoms with Crippen molar-refractivity contribution < 1.29 is 19.0 Å². The van der Waals surface area contributed by atoms with Crippen molar-refractivity contribution in [2.45, 2.75) is 51.0 Å². The lowest BCUT2D eigenvalue weighted by atomic mass is 9.83. The Morgan fingerprint density at radius 3 is 2.73 bits per heavy atom. The summed E-state index contributed by atoms with van der Waals surface area (Å²) in [6, 6.07) is 9.78. The summed E-state index contributed by atoms with van der Waals surface area (Å²) in [6.07, 6.45) is 4.82. The first-order valence-corrected chi connectivity index (χ1v) is 10.2. The standard InChI is InChI=1S/C22H24N4O4/c1-2-28-18(27)11-17-20-19(16(12-23)21(24)30-22(20)26-25-17)13-7-9-15(10-8-13)29-14-5-3-4-6-14/h7-10,14,19H,2-6,11,24H2,1H3,(H,25,26)/t19-/m1/s1. The molecule has 4 rings (SSSR count). The number of allylic oxidation sites excluding steroid dienone is 1. The second-order valence-corrected chi connectivity index (χ2v) is 7.42. The lowest BCUT2D eigenvalue weighted by molar-refractivity contribution is -0.142. The summed E-state index contributed by atoms with van der Waals surface area (Å²) in [7, 11) is 0. The summed E-state index contributed by atoms with van der Waals surface area (Å²) in [6.45, 7) is 2.03. The zero-order valence-electron chi connectivity index (χ0n) is 16.8. The first-order valence-electron chi connectivity index (χ1n) is 10.2. The maximum absolute atomic E-state index is 12.0. The number of esters is 1. The van der Waals surface area contributed by atoms with Gasteiger partial charge in [0.05, 0.1) is 36.3 Å². The van der Waals surface area contributed by atoms with Crippen LogP contribution in [0.1, 0.15) is 55.3 Å². The predicted octanol–water partition coefficient (Wildman–Crippen LogP) is 3.05. The minimum absolute atomic E-state index is 0.00246. The number of fused-ring (bicyclic) bond motifs is 1. The van der Waals surface area contributed by atoms with Crippen LogP contribution in [0.5, 0.6) is 11.6 Å². The van der Waals surface area contributed by atoms with Crippen LogP contribution in [0.15, 0.2) is 35.7 Å². The Labute approximate surface area is 174 Å². The highest BCUT2D eigenvalue weighted by Crippen LogP contribution is 2.43. The fourth-order valence-corrected chi connectivity index (χ4v) is 4.07. The number of hydrogen-bond donors (Lipinski definition) is 2. The van der Waals surface area contributed by atoms with E-state index in [0.29, 0.717) is 11.3 Å². The van der Waals surface area contributed by atoms with Crippen molar-refractivity contribution in [1.82, 2.24) is 10.2 Å². The molecule has 1 fully saturated rings. The lowest BCUT2D eigenvalue weighted by Gasteiger charge is -2.24. The number of aromatic nitrogens is 2. The molecule has 0 spiro atoms. The number of nitriles is 1. The van der Waals surface area contributed by atoms with Crippen LogP contribution in [0.25, 0.3) is 0 Å². The number of hydrogen-bond acceptors (Lipinski definition) is 7. The highest BCUT2D eigenvalue weighted by atomic mass is 16.5. The zero-order chi connectivity index (χ0) is 21.1. The molecule has 1 aliphatic heterocycles. The average molecular weight is 408 g/mol. The van der Waals surface area contributed by atoms with Crippen molar-refractivity contribution in [2.75, 3.05) is 6.61 Å². The highest BCUT2D eigenvalue weighted by Gasteiger charge is 2.35. The SMILES string of the molecule is CCOC(=O)Cc1[nH]nc2c1[C@H](c1ccc(OC3CCCC3)cc1)C(C#N)=C(N)O2. The number of H-pyrrole nitrogens is 1. The third-order valence-corrected chi connectivity index (χ3v) is 5.46. The first kappa shape index (κ1) is 19.8. The maximum atomic E-state index is 12.0. The van der Waals surface area contributed by atoms with Gasteiger partial charge in [0.25, 0.3) is 0 Å². The van der Waals surface area contributed by atoms with Crippen LogP contribution in [-0.2, 0) is 16.0 Å². The molecule has 1 atom stereocenters. The second-order valence-electron chi connectivity index (χ2n) is 7.42. The highest BCUT2D eigenvalue weighted by molar-refractivity contribution is 5.73. The van der Waals surface area contributed by atoms with Crippen molar-refractivity contribution in [1.29, 1.82) is 5.26 Å².